The number of ether oxygens (including phenoxy) is 3. The van der Waals surface area contributed by atoms with E-state index in [1.165, 1.54) is 12.1 Å². The van der Waals surface area contributed by atoms with Crippen molar-refractivity contribution in [2.45, 2.75) is 57.6 Å². The Bertz CT molecular complexity index is 1420. The van der Waals surface area contributed by atoms with Crippen molar-refractivity contribution < 1.29 is 32.2 Å². The van der Waals surface area contributed by atoms with Crippen molar-refractivity contribution in [2.75, 3.05) is 45.3 Å². The van der Waals surface area contributed by atoms with Crippen LogP contribution in [-0.4, -0.2) is 71.9 Å². The number of methoxy groups -OCH3 is 1. The number of rotatable bonds is 7. The third-order valence-electron chi connectivity index (χ3n) is 7.64. The second-order valence-corrected chi connectivity index (χ2v) is 10.6. The number of hydrogen-bond donors (Lipinski definition) is 1. The van der Waals surface area contributed by atoms with Gasteiger partial charge in [-0.15, -0.1) is 0 Å². The lowest BCUT2D eigenvalue weighted by Crippen LogP contribution is -2.47. The molecule has 3 aromatic rings. The second kappa shape index (κ2) is 11.8. The number of aromatic nitrogens is 3. The summed E-state index contributed by atoms with van der Waals surface area (Å²) in [6.07, 6.45) is 0.818. The minimum atomic E-state index is -3.31. The molecule has 41 heavy (non-hydrogen) atoms. The van der Waals surface area contributed by atoms with E-state index in [0.717, 1.165) is 11.6 Å². The summed E-state index contributed by atoms with van der Waals surface area (Å²) in [6, 6.07) is 5.23. The summed E-state index contributed by atoms with van der Waals surface area (Å²) in [5.41, 5.74) is 0.684. The van der Waals surface area contributed by atoms with Gasteiger partial charge in [-0.05, 0) is 38.7 Å². The number of pyridine rings is 1. The predicted molar refractivity (Wildman–Crippen MR) is 146 cm³/mol. The summed E-state index contributed by atoms with van der Waals surface area (Å²) in [6.45, 7) is 6.35. The van der Waals surface area contributed by atoms with Crippen molar-refractivity contribution in [2.24, 2.45) is 0 Å². The molecule has 1 amide bonds. The number of carbonyl (C=O) groups excluding carboxylic acids is 1. The van der Waals surface area contributed by atoms with Crippen LogP contribution in [-0.2, 0) is 20.2 Å². The fourth-order valence-corrected chi connectivity index (χ4v) is 5.48. The number of carbonyl (C=O) groups is 1. The molecule has 5 rings (SSSR count). The Morgan fingerprint density at radius 1 is 1.20 bits per heavy atom. The van der Waals surface area contributed by atoms with Gasteiger partial charge < -0.3 is 24.4 Å². The number of halogens is 3. The zero-order valence-corrected chi connectivity index (χ0v) is 23.5. The van der Waals surface area contributed by atoms with Crippen LogP contribution >= 0.6 is 0 Å². The van der Waals surface area contributed by atoms with Gasteiger partial charge in [-0.3, -0.25) is 4.79 Å². The molecule has 4 heterocycles. The van der Waals surface area contributed by atoms with Crippen LogP contribution in [0.25, 0.3) is 11.0 Å². The number of hydrogen-bond acceptors (Lipinski definition) is 8. The van der Waals surface area contributed by atoms with Crippen molar-refractivity contribution >= 4 is 22.8 Å². The van der Waals surface area contributed by atoms with Crippen LogP contribution in [0.15, 0.2) is 24.3 Å². The van der Waals surface area contributed by atoms with Gasteiger partial charge in [0, 0.05) is 31.1 Å². The van der Waals surface area contributed by atoms with Crippen LogP contribution in [0.2, 0.25) is 0 Å². The lowest BCUT2D eigenvalue weighted by Gasteiger charge is -2.35. The van der Waals surface area contributed by atoms with Crippen LogP contribution < -0.4 is 10.1 Å². The quantitative estimate of drug-likeness (QED) is 0.427. The lowest BCUT2D eigenvalue weighted by atomic mass is 9.89. The van der Waals surface area contributed by atoms with Crippen molar-refractivity contribution in [3.05, 3.63) is 52.6 Å². The number of piperidine rings is 1. The summed E-state index contributed by atoms with van der Waals surface area (Å²) in [5.74, 6) is -2.99. The first-order chi connectivity index (χ1) is 19.6. The van der Waals surface area contributed by atoms with E-state index in [9.17, 15) is 13.6 Å². The molecule has 12 heteroatoms. The van der Waals surface area contributed by atoms with Crippen molar-refractivity contribution in [1.82, 2.24) is 19.9 Å². The standard InChI is InChI=1S/C29H34F3N5O4/c1-16(19-6-5-7-22(24(19)30)29(3,31)32)33-25-21-14-20(27(39-4)36-26(21)35-17(2)34-25)18-8-10-37(11-9-18)28(38)23-15-40-12-13-41-23/h5-7,14,16,18,23H,8-13,15H2,1-4H3,(H,33,34,35,36)/t16-,23+/m1/s1. The van der Waals surface area contributed by atoms with Gasteiger partial charge in [-0.25, -0.2) is 23.1 Å². The molecule has 220 valence electrons. The van der Waals surface area contributed by atoms with Crippen molar-refractivity contribution in [3.63, 3.8) is 0 Å². The normalized spacial score (nSPS) is 19.3. The molecule has 2 aromatic heterocycles. The Hall–Kier alpha value is -3.51. The minimum absolute atomic E-state index is 0.0573. The van der Waals surface area contributed by atoms with Crippen molar-refractivity contribution in [3.8, 4) is 5.88 Å². The predicted octanol–water partition coefficient (Wildman–Crippen LogP) is 4.89. The molecular weight excluding hydrogens is 539 g/mol. The highest BCUT2D eigenvalue weighted by molar-refractivity contribution is 5.88. The zero-order chi connectivity index (χ0) is 29.3. The van der Waals surface area contributed by atoms with Gasteiger partial charge in [-0.1, -0.05) is 18.2 Å². The van der Waals surface area contributed by atoms with E-state index < -0.39 is 29.4 Å². The Kier molecular flexibility index (Phi) is 8.32. The zero-order valence-electron chi connectivity index (χ0n) is 23.5. The Labute approximate surface area is 236 Å². The van der Waals surface area contributed by atoms with E-state index in [4.69, 9.17) is 14.2 Å². The van der Waals surface area contributed by atoms with E-state index in [1.807, 2.05) is 6.07 Å². The topological polar surface area (TPSA) is 98.7 Å². The summed E-state index contributed by atoms with van der Waals surface area (Å²) in [4.78, 5) is 28.4. The average Bonchev–Trinajstić information content (AvgIpc) is 2.96. The second-order valence-electron chi connectivity index (χ2n) is 10.6. The molecule has 2 atom stereocenters. The molecule has 1 N–H and O–H groups in total. The molecule has 0 aliphatic carbocycles. The molecule has 0 saturated carbocycles. The van der Waals surface area contributed by atoms with Gasteiger partial charge in [0.15, 0.2) is 11.8 Å². The number of benzene rings is 1. The van der Waals surface area contributed by atoms with E-state index >= 15 is 4.39 Å². The number of nitrogens with one attached hydrogen (secondary N) is 1. The fourth-order valence-electron chi connectivity index (χ4n) is 5.48. The van der Waals surface area contributed by atoms with Gasteiger partial charge >= 0.3 is 0 Å². The molecule has 2 saturated heterocycles. The molecule has 0 unspecified atom stereocenters. The van der Waals surface area contributed by atoms with Crippen LogP contribution in [0, 0.1) is 12.7 Å². The molecule has 1 aromatic carbocycles. The molecular formula is C29H34F3N5O4. The van der Waals surface area contributed by atoms with E-state index in [-0.39, 0.29) is 24.0 Å². The summed E-state index contributed by atoms with van der Waals surface area (Å²) < 4.78 is 59.6. The summed E-state index contributed by atoms with van der Waals surface area (Å²) in [7, 11) is 1.55. The molecule has 2 aliphatic heterocycles. The third-order valence-corrected chi connectivity index (χ3v) is 7.64. The van der Waals surface area contributed by atoms with Crippen LogP contribution in [0.5, 0.6) is 5.88 Å². The fraction of sp³-hybridized carbons (Fsp3) is 0.517. The monoisotopic (exact) mass is 573 g/mol. The molecule has 2 fully saturated rings. The Morgan fingerprint density at radius 2 is 1.95 bits per heavy atom. The number of alkyl halides is 2. The van der Waals surface area contributed by atoms with E-state index in [1.54, 1.807) is 25.9 Å². The first kappa shape index (κ1) is 29.0. The van der Waals surface area contributed by atoms with Gasteiger partial charge in [-0.2, -0.15) is 4.98 Å². The number of anilines is 1. The third kappa shape index (κ3) is 6.08. The lowest BCUT2D eigenvalue weighted by molar-refractivity contribution is -0.158. The van der Waals surface area contributed by atoms with Crippen molar-refractivity contribution in [1.29, 1.82) is 0 Å². The van der Waals surface area contributed by atoms with Gasteiger partial charge in [0.2, 0.25) is 5.88 Å². The molecule has 2 aliphatic rings. The molecule has 0 radical (unpaired) electrons. The number of nitrogens with zero attached hydrogens (tertiary/aromatic N) is 4. The number of likely N-dealkylation sites (tertiary alicyclic amines) is 1. The number of amides is 1. The number of aryl methyl sites for hydroxylation is 1. The van der Waals surface area contributed by atoms with Gasteiger partial charge in [0.25, 0.3) is 11.8 Å². The maximum atomic E-state index is 15.1. The van der Waals surface area contributed by atoms with E-state index in [2.05, 4.69) is 20.3 Å². The molecule has 0 spiro atoms. The SMILES string of the molecule is COc1nc2nc(C)nc(N[C@H](C)c3cccc(C(C)(F)F)c3F)c2cc1C1CCN(C(=O)[C@@H]2COCCO2)CC1. The summed E-state index contributed by atoms with van der Waals surface area (Å²) >= 11 is 0. The molecule has 9 nitrogen and oxygen atoms in total. The largest absolute Gasteiger partial charge is 0.481 e. The van der Waals surface area contributed by atoms with Crippen LogP contribution in [0.4, 0.5) is 19.0 Å². The average molecular weight is 574 g/mol. The first-order valence-electron chi connectivity index (χ1n) is 13.7. The summed E-state index contributed by atoms with van der Waals surface area (Å²) in [5, 5.41) is 3.79. The maximum Gasteiger partial charge on any atom is 0.273 e. The van der Waals surface area contributed by atoms with Gasteiger partial charge in [0.1, 0.15) is 17.5 Å². The van der Waals surface area contributed by atoms with Crippen LogP contribution in [0.3, 0.4) is 0 Å². The highest BCUT2D eigenvalue weighted by Gasteiger charge is 2.33. The number of fused-ring (bicyclic) bond motifs is 1. The van der Waals surface area contributed by atoms with Crippen LogP contribution in [0.1, 0.15) is 61.2 Å². The van der Waals surface area contributed by atoms with E-state index in [0.29, 0.717) is 74.6 Å². The smallest absolute Gasteiger partial charge is 0.273 e. The highest BCUT2D eigenvalue weighted by atomic mass is 19.3. The highest BCUT2D eigenvalue weighted by Crippen LogP contribution is 2.38. The minimum Gasteiger partial charge on any atom is -0.481 e. The maximum absolute atomic E-state index is 15.1. The molecule has 0 bridgehead atoms. The van der Waals surface area contributed by atoms with Gasteiger partial charge in [0.05, 0.1) is 43.9 Å². The first-order valence-corrected chi connectivity index (χ1v) is 13.7. The Morgan fingerprint density at radius 3 is 2.61 bits per heavy atom. The Balaban J connectivity index is 1.41.